The molecule has 7 rings (SSSR count). The van der Waals surface area contributed by atoms with Crippen molar-refractivity contribution in [3.63, 3.8) is 0 Å². The van der Waals surface area contributed by atoms with Crippen LogP contribution in [0.5, 0.6) is 0 Å². The van der Waals surface area contributed by atoms with Crippen LogP contribution in [-0.2, 0) is 17.8 Å². The number of morpholine rings is 1. The highest BCUT2D eigenvalue weighted by atomic mass is 16.5. The Morgan fingerprint density at radius 2 is 1.81 bits per heavy atom. The van der Waals surface area contributed by atoms with Crippen LogP contribution in [0, 0.1) is 6.92 Å². The van der Waals surface area contributed by atoms with Crippen molar-refractivity contribution in [2.24, 2.45) is 0 Å². The van der Waals surface area contributed by atoms with Crippen LogP contribution in [0.1, 0.15) is 18.5 Å². The van der Waals surface area contributed by atoms with Gasteiger partial charge in [0.2, 0.25) is 5.95 Å². The van der Waals surface area contributed by atoms with E-state index in [1.807, 2.05) is 25.4 Å². The molecular formula is C26H31N9O. The van der Waals surface area contributed by atoms with E-state index in [0.717, 1.165) is 86.5 Å². The van der Waals surface area contributed by atoms with Crippen LogP contribution >= 0.6 is 0 Å². The Labute approximate surface area is 209 Å². The number of nitrogens with one attached hydrogen (secondary N) is 1. The molecule has 0 atom stereocenters. The van der Waals surface area contributed by atoms with Gasteiger partial charge >= 0.3 is 0 Å². The highest BCUT2D eigenvalue weighted by molar-refractivity contribution is 5.83. The second kappa shape index (κ2) is 8.86. The van der Waals surface area contributed by atoms with Gasteiger partial charge < -0.3 is 24.1 Å². The zero-order valence-electron chi connectivity index (χ0n) is 20.6. The number of hydrogen-bond donors (Lipinski definition) is 1. The van der Waals surface area contributed by atoms with E-state index in [4.69, 9.17) is 14.7 Å². The number of pyridine rings is 1. The van der Waals surface area contributed by atoms with Gasteiger partial charge in [0.1, 0.15) is 11.5 Å². The molecule has 2 saturated heterocycles. The quantitative estimate of drug-likeness (QED) is 0.472. The zero-order chi connectivity index (χ0) is 24.1. The SMILES string of the molecule is Cc1cn2c(n1)-c1cc3cnc(Nc4ccc(N5CCC(N6CCOCC6)CC5)cn4)nc3n1CC2. The molecule has 3 aliphatic heterocycles. The first-order chi connectivity index (χ1) is 17.7. The second-order valence-corrected chi connectivity index (χ2v) is 9.95. The number of hydrogen-bond acceptors (Lipinski definition) is 8. The van der Waals surface area contributed by atoms with Gasteiger partial charge in [-0.1, -0.05) is 0 Å². The van der Waals surface area contributed by atoms with Crippen LogP contribution in [0.3, 0.4) is 0 Å². The van der Waals surface area contributed by atoms with E-state index < -0.39 is 0 Å². The number of imidazole rings is 1. The lowest BCUT2D eigenvalue weighted by molar-refractivity contribution is 0.0115. The third-order valence-corrected chi connectivity index (χ3v) is 7.70. The summed E-state index contributed by atoms with van der Waals surface area (Å²) in [5.74, 6) is 2.30. The minimum atomic E-state index is 0.556. The molecule has 186 valence electrons. The van der Waals surface area contributed by atoms with Gasteiger partial charge in [0.15, 0.2) is 5.82 Å². The minimum absolute atomic E-state index is 0.556. The number of rotatable bonds is 4. The first-order valence-electron chi connectivity index (χ1n) is 12.9. The lowest BCUT2D eigenvalue weighted by Crippen LogP contribution is -2.49. The average molecular weight is 486 g/mol. The van der Waals surface area contributed by atoms with E-state index >= 15 is 0 Å². The summed E-state index contributed by atoms with van der Waals surface area (Å²) >= 11 is 0. The number of aromatic nitrogens is 6. The highest BCUT2D eigenvalue weighted by Crippen LogP contribution is 2.31. The maximum Gasteiger partial charge on any atom is 0.230 e. The smallest absolute Gasteiger partial charge is 0.230 e. The summed E-state index contributed by atoms with van der Waals surface area (Å²) < 4.78 is 9.96. The first kappa shape index (κ1) is 21.8. The normalized spacial score (nSPS) is 18.9. The van der Waals surface area contributed by atoms with Crippen LogP contribution in [0.4, 0.5) is 17.5 Å². The van der Waals surface area contributed by atoms with Crippen molar-refractivity contribution in [2.45, 2.75) is 38.9 Å². The molecule has 0 amide bonds. The molecular weight excluding hydrogens is 454 g/mol. The molecule has 0 saturated carbocycles. The van der Waals surface area contributed by atoms with Crippen molar-refractivity contribution in [1.82, 2.24) is 34.0 Å². The van der Waals surface area contributed by atoms with Gasteiger partial charge in [0.25, 0.3) is 0 Å². The fourth-order valence-electron chi connectivity index (χ4n) is 5.83. The Hall–Kier alpha value is -3.50. The van der Waals surface area contributed by atoms with Crippen molar-refractivity contribution >= 4 is 28.5 Å². The molecule has 0 spiro atoms. The maximum atomic E-state index is 5.51. The number of anilines is 3. The van der Waals surface area contributed by atoms with E-state index in [1.165, 1.54) is 18.5 Å². The number of fused-ring (bicyclic) bond motifs is 5. The molecule has 3 aliphatic rings. The Bertz CT molecular complexity index is 1380. The van der Waals surface area contributed by atoms with E-state index in [9.17, 15) is 0 Å². The van der Waals surface area contributed by atoms with Crippen LogP contribution in [0.2, 0.25) is 0 Å². The van der Waals surface area contributed by atoms with Gasteiger partial charge in [-0.3, -0.25) is 4.90 Å². The Morgan fingerprint density at radius 1 is 0.944 bits per heavy atom. The second-order valence-electron chi connectivity index (χ2n) is 9.95. The van der Waals surface area contributed by atoms with Crippen LogP contribution in [0.25, 0.3) is 22.6 Å². The molecule has 0 aliphatic carbocycles. The predicted molar refractivity (Wildman–Crippen MR) is 139 cm³/mol. The minimum Gasteiger partial charge on any atom is -0.379 e. The van der Waals surface area contributed by atoms with Gasteiger partial charge in [-0.25, -0.2) is 15.0 Å². The molecule has 0 bridgehead atoms. The summed E-state index contributed by atoms with van der Waals surface area (Å²) in [5, 5.41) is 4.31. The summed E-state index contributed by atoms with van der Waals surface area (Å²) in [6.07, 6.45) is 8.32. The lowest BCUT2D eigenvalue weighted by atomic mass is 10.0. The molecule has 10 heteroatoms. The van der Waals surface area contributed by atoms with Crippen molar-refractivity contribution in [2.75, 3.05) is 49.6 Å². The zero-order valence-corrected chi connectivity index (χ0v) is 20.6. The van der Waals surface area contributed by atoms with Crippen LogP contribution in [-0.4, -0.2) is 79.4 Å². The maximum absolute atomic E-state index is 5.51. The average Bonchev–Trinajstić information content (AvgIpc) is 3.49. The van der Waals surface area contributed by atoms with Crippen LogP contribution in [0.15, 0.2) is 36.8 Å². The van der Waals surface area contributed by atoms with Gasteiger partial charge in [0.05, 0.1) is 36.5 Å². The number of aryl methyl sites for hydroxylation is 3. The van der Waals surface area contributed by atoms with Gasteiger partial charge in [-0.2, -0.15) is 4.98 Å². The Morgan fingerprint density at radius 3 is 2.61 bits per heavy atom. The molecule has 0 aromatic carbocycles. The molecule has 0 unspecified atom stereocenters. The van der Waals surface area contributed by atoms with E-state index in [1.54, 1.807) is 0 Å². The molecule has 1 N–H and O–H groups in total. The van der Waals surface area contributed by atoms with E-state index in [0.29, 0.717) is 12.0 Å². The largest absolute Gasteiger partial charge is 0.379 e. The molecule has 36 heavy (non-hydrogen) atoms. The van der Waals surface area contributed by atoms with Crippen molar-refractivity contribution in [3.8, 4) is 11.5 Å². The fraction of sp³-hybridized carbons (Fsp3) is 0.462. The third kappa shape index (κ3) is 3.90. The molecule has 4 aromatic heterocycles. The Balaban J connectivity index is 1.04. The van der Waals surface area contributed by atoms with Gasteiger partial charge in [-0.15, -0.1) is 0 Å². The van der Waals surface area contributed by atoms with E-state index in [2.05, 4.69) is 52.5 Å². The monoisotopic (exact) mass is 485 g/mol. The van der Waals surface area contributed by atoms with Gasteiger partial charge in [0, 0.05) is 63.1 Å². The summed E-state index contributed by atoms with van der Waals surface area (Å²) in [6, 6.07) is 6.97. The molecule has 2 fully saturated rings. The summed E-state index contributed by atoms with van der Waals surface area (Å²) in [6.45, 7) is 9.79. The van der Waals surface area contributed by atoms with Crippen molar-refractivity contribution in [3.05, 3.63) is 42.5 Å². The predicted octanol–water partition coefficient (Wildman–Crippen LogP) is 3.06. The van der Waals surface area contributed by atoms with Crippen molar-refractivity contribution in [1.29, 1.82) is 0 Å². The van der Waals surface area contributed by atoms with Gasteiger partial charge in [-0.05, 0) is 38.0 Å². The Kier molecular flexibility index (Phi) is 5.36. The standard InChI is InChI=1S/C26H31N9O/c1-18-17-34-8-9-35-22(25(34)29-18)14-19-15-28-26(31-24(19)35)30-23-3-2-21(16-27-23)32-6-4-20(5-7-32)33-10-12-36-13-11-33/h2-3,14-17,20H,4-13H2,1H3,(H,27,28,30,31). The topological polar surface area (TPSA) is 89.2 Å². The van der Waals surface area contributed by atoms with Crippen LogP contribution < -0.4 is 10.2 Å². The summed E-state index contributed by atoms with van der Waals surface area (Å²) in [5.41, 5.74) is 4.22. The summed E-state index contributed by atoms with van der Waals surface area (Å²) in [4.78, 5) is 23.8. The lowest BCUT2D eigenvalue weighted by Gasteiger charge is -2.40. The highest BCUT2D eigenvalue weighted by Gasteiger charge is 2.26. The number of piperidine rings is 1. The summed E-state index contributed by atoms with van der Waals surface area (Å²) in [7, 11) is 0. The van der Waals surface area contributed by atoms with Crippen molar-refractivity contribution < 1.29 is 4.74 Å². The third-order valence-electron chi connectivity index (χ3n) is 7.70. The van der Waals surface area contributed by atoms with E-state index in [-0.39, 0.29) is 0 Å². The molecule has 10 nitrogen and oxygen atoms in total. The molecule has 0 radical (unpaired) electrons. The molecule has 7 heterocycles. The number of ether oxygens (including phenoxy) is 1. The number of nitrogens with zero attached hydrogens (tertiary/aromatic N) is 8. The first-order valence-corrected chi connectivity index (χ1v) is 12.9. The fourth-order valence-corrected chi connectivity index (χ4v) is 5.83. The molecule has 4 aromatic rings.